The number of amides is 1. The van der Waals surface area contributed by atoms with Crippen molar-refractivity contribution in [3.8, 4) is 0 Å². The van der Waals surface area contributed by atoms with Crippen molar-refractivity contribution in [2.75, 3.05) is 14.8 Å². The van der Waals surface area contributed by atoms with Crippen LogP contribution in [0.5, 0.6) is 0 Å². The standard InChI is InChI=1S/C23H18ClN3O5S3/c24-20-4-1-2-5-21(20)27-34(29,30)19-13-11-17(12-14-19)25-23(28)16-7-9-18(10-8-16)26-35(31,32)22-6-3-15-33-22/h1-15,26-27H,(H,25,28). The lowest BCUT2D eigenvalue weighted by Crippen LogP contribution is -2.15. The number of para-hydroxylation sites is 1. The number of carbonyl (C=O) groups excluding carboxylic acids is 1. The Morgan fingerprint density at radius 2 is 1.37 bits per heavy atom. The van der Waals surface area contributed by atoms with Gasteiger partial charge in [0.05, 0.1) is 15.6 Å². The van der Waals surface area contributed by atoms with Crippen molar-refractivity contribution in [2.45, 2.75) is 9.10 Å². The van der Waals surface area contributed by atoms with E-state index in [1.165, 1.54) is 54.6 Å². The van der Waals surface area contributed by atoms with E-state index in [-0.39, 0.29) is 19.8 Å². The number of sulfonamides is 2. The van der Waals surface area contributed by atoms with Crippen molar-refractivity contribution in [1.29, 1.82) is 0 Å². The van der Waals surface area contributed by atoms with Crippen LogP contribution in [0.25, 0.3) is 0 Å². The smallest absolute Gasteiger partial charge is 0.271 e. The highest BCUT2D eigenvalue weighted by Crippen LogP contribution is 2.25. The van der Waals surface area contributed by atoms with Gasteiger partial charge in [0.15, 0.2) is 0 Å². The highest BCUT2D eigenvalue weighted by molar-refractivity contribution is 7.94. The van der Waals surface area contributed by atoms with Gasteiger partial charge in [0, 0.05) is 16.9 Å². The van der Waals surface area contributed by atoms with E-state index in [1.807, 2.05) is 0 Å². The molecule has 3 aromatic carbocycles. The molecule has 0 aliphatic heterocycles. The minimum absolute atomic E-state index is 0.00204. The number of rotatable bonds is 8. The van der Waals surface area contributed by atoms with E-state index in [4.69, 9.17) is 11.6 Å². The van der Waals surface area contributed by atoms with Gasteiger partial charge in [-0.2, -0.15) is 0 Å². The van der Waals surface area contributed by atoms with Crippen LogP contribution in [0, 0.1) is 0 Å². The van der Waals surface area contributed by atoms with Gasteiger partial charge in [-0.1, -0.05) is 29.8 Å². The van der Waals surface area contributed by atoms with E-state index in [2.05, 4.69) is 14.8 Å². The fraction of sp³-hybridized carbons (Fsp3) is 0. The van der Waals surface area contributed by atoms with Crippen molar-refractivity contribution < 1.29 is 21.6 Å². The van der Waals surface area contributed by atoms with Crippen LogP contribution < -0.4 is 14.8 Å². The molecular formula is C23H18ClN3O5S3. The number of hydrogen-bond donors (Lipinski definition) is 3. The normalized spacial score (nSPS) is 11.6. The minimum atomic E-state index is -3.87. The van der Waals surface area contributed by atoms with Gasteiger partial charge in [-0.25, -0.2) is 16.8 Å². The number of anilines is 3. The number of benzene rings is 3. The summed E-state index contributed by atoms with van der Waals surface area (Å²) in [7, 11) is -7.56. The fourth-order valence-corrected chi connectivity index (χ4v) is 6.35. The summed E-state index contributed by atoms with van der Waals surface area (Å²) in [6.07, 6.45) is 0. The van der Waals surface area contributed by atoms with Crippen LogP contribution in [0.2, 0.25) is 5.02 Å². The van der Waals surface area contributed by atoms with E-state index in [1.54, 1.807) is 35.7 Å². The molecule has 1 aromatic heterocycles. The van der Waals surface area contributed by atoms with Crippen molar-refractivity contribution in [3.63, 3.8) is 0 Å². The molecule has 0 radical (unpaired) electrons. The molecule has 0 saturated carbocycles. The molecule has 4 aromatic rings. The predicted molar refractivity (Wildman–Crippen MR) is 138 cm³/mol. The molecule has 35 heavy (non-hydrogen) atoms. The zero-order valence-electron chi connectivity index (χ0n) is 17.8. The molecule has 0 unspecified atom stereocenters. The molecule has 0 aliphatic rings. The van der Waals surface area contributed by atoms with Gasteiger partial charge in [0.25, 0.3) is 26.0 Å². The lowest BCUT2D eigenvalue weighted by Gasteiger charge is -2.11. The molecule has 0 atom stereocenters. The van der Waals surface area contributed by atoms with Gasteiger partial charge in [-0.3, -0.25) is 14.2 Å². The van der Waals surface area contributed by atoms with Crippen LogP contribution in [0.3, 0.4) is 0 Å². The molecule has 8 nitrogen and oxygen atoms in total. The zero-order valence-corrected chi connectivity index (χ0v) is 21.0. The molecule has 1 heterocycles. The molecule has 0 aliphatic carbocycles. The summed E-state index contributed by atoms with van der Waals surface area (Å²) in [6, 6.07) is 21.2. The monoisotopic (exact) mass is 547 g/mol. The fourth-order valence-electron chi connectivity index (χ4n) is 2.98. The molecule has 0 saturated heterocycles. The number of halogens is 1. The Balaban J connectivity index is 1.40. The summed E-state index contributed by atoms with van der Waals surface area (Å²) in [4.78, 5) is 12.6. The molecule has 0 spiro atoms. The molecule has 12 heteroatoms. The maximum absolute atomic E-state index is 12.6. The summed E-state index contributed by atoms with van der Waals surface area (Å²) in [6.45, 7) is 0. The molecule has 0 fully saturated rings. The van der Waals surface area contributed by atoms with Crippen LogP contribution in [-0.4, -0.2) is 22.7 Å². The largest absolute Gasteiger partial charge is 0.322 e. The minimum Gasteiger partial charge on any atom is -0.322 e. The summed E-state index contributed by atoms with van der Waals surface area (Å²) in [5, 5.41) is 4.61. The number of thiophene rings is 1. The van der Waals surface area contributed by atoms with Crippen LogP contribution in [0.15, 0.2) is 99.4 Å². The Bertz CT molecular complexity index is 1550. The van der Waals surface area contributed by atoms with Gasteiger partial charge in [0.2, 0.25) is 0 Å². The van der Waals surface area contributed by atoms with Gasteiger partial charge >= 0.3 is 0 Å². The second-order valence-electron chi connectivity index (χ2n) is 7.18. The number of nitrogens with one attached hydrogen (secondary N) is 3. The molecular weight excluding hydrogens is 530 g/mol. The quantitative estimate of drug-likeness (QED) is 0.278. The maximum atomic E-state index is 12.6. The number of hydrogen-bond acceptors (Lipinski definition) is 6. The van der Waals surface area contributed by atoms with E-state index in [0.717, 1.165) is 11.3 Å². The van der Waals surface area contributed by atoms with Crippen molar-refractivity contribution >= 4 is 66.0 Å². The average molecular weight is 548 g/mol. The van der Waals surface area contributed by atoms with E-state index >= 15 is 0 Å². The first-order valence-corrected chi connectivity index (χ1v) is 14.2. The summed E-state index contributed by atoms with van der Waals surface area (Å²) < 4.78 is 54.9. The molecule has 0 bridgehead atoms. The average Bonchev–Trinajstić information content (AvgIpc) is 3.37. The first-order valence-electron chi connectivity index (χ1n) is 9.99. The summed E-state index contributed by atoms with van der Waals surface area (Å²) in [5.41, 5.74) is 1.25. The molecule has 180 valence electrons. The van der Waals surface area contributed by atoms with Crippen molar-refractivity contribution in [3.05, 3.63) is 101 Å². The first-order chi connectivity index (χ1) is 16.6. The third kappa shape index (κ3) is 6.01. The second-order valence-corrected chi connectivity index (χ2v) is 12.1. The Kier molecular flexibility index (Phi) is 7.13. The second kappa shape index (κ2) is 10.1. The van der Waals surface area contributed by atoms with Crippen LogP contribution in [0.1, 0.15) is 10.4 Å². The third-order valence-electron chi connectivity index (χ3n) is 4.70. The Morgan fingerprint density at radius 1 is 0.714 bits per heavy atom. The van der Waals surface area contributed by atoms with Gasteiger partial charge in [0.1, 0.15) is 4.21 Å². The Labute approximate surface area is 211 Å². The molecule has 4 rings (SSSR count). The molecule has 3 N–H and O–H groups in total. The Hall–Kier alpha value is -3.38. The van der Waals surface area contributed by atoms with Crippen LogP contribution in [-0.2, 0) is 20.0 Å². The predicted octanol–water partition coefficient (Wildman–Crippen LogP) is 5.26. The van der Waals surface area contributed by atoms with Gasteiger partial charge in [-0.05, 0) is 72.1 Å². The van der Waals surface area contributed by atoms with E-state index in [0.29, 0.717) is 16.9 Å². The highest BCUT2D eigenvalue weighted by Gasteiger charge is 2.17. The van der Waals surface area contributed by atoms with Crippen LogP contribution >= 0.6 is 22.9 Å². The third-order valence-corrected chi connectivity index (χ3v) is 9.19. The maximum Gasteiger partial charge on any atom is 0.271 e. The zero-order chi connectivity index (χ0) is 25.1. The SMILES string of the molecule is O=C(Nc1ccc(S(=O)(=O)Nc2ccccc2Cl)cc1)c1ccc(NS(=O)(=O)c2cccs2)cc1. The summed E-state index contributed by atoms with van der Waals surface area (Å²) >= 11 is 7.11. The van der Waals surface area contributed by atoms with E-state index < -0.39 is 26.0 Å². The lowest BCUT2D eigenvalue weighted by molar-refractivity contribution is 0.102. The Morgan fingerprint density at radius 3 is 2.00 bits per heavy atom. The van der Waals surface area contributed by atoms with Crippen LogP contribution in [0.4, 0.5) is 17.1 Å². The van der Waals surface area contributed by atoms with Crippen molar-refractivity contribution in [1.82, 2.24) is 0 Å². The highest BCUT2D eigenvalue weighted by atomic mass is 35.5. The number of carbonyl (C=O) groups is 1. The topological polar surface area (TPSA) is 121 Å². The summed E-state index contributed by atoms with van der Waals surface area (Å²) in [5.74, 6) is -0.442. The van der Waals surface area contributed by atoms with E-state index in [9.17, 15) is 21.6 Å². The molecule has 1 amide bonds. The lowest BCUT2D eigenvalue weighted by atomic mass is 10.2. The first kappa shape index (κ1) is 24.7. The van der Waals surface area contributed by atoms with Gasteiger partial charge in [-0.15, -0.1) is 11.3 Å². The van der Waals surface area contributed by atoms with Crippen molar-refractivity contribution in [2.24, 2.45) is 0 Å². The van der Waals surface area contributed by atoms with Gasteiger partial charge < -0.3 is 5.32 Å².